The van der Waals surface area contributed by atoms with E-state index in [-0.39, 0.29) is 5.91 Å². The number of benzene rings is 3. The lowest BCUT2D eigenvalue weighted by Gasteiger charge is -2.12. The smallest absolute Gasteiger partial charge is 0.255 e. The molecule has 0 saturated carbocycles. The molecule has 0 aliphatic heterocycles. The summed E-state index contributed by atoms with van der Waals surface area (Å²) in [6, 6.07) is 18.0. The third-order valence-electron chi connectivity index (χ3n) is 3.95. The van der Waals surface area contributed by atoms with Crippen LogP contribution in [-0.2, 0) is 5.75 Å². The molecule has 0 radical (unpaired) electrons. The van der Waals surface area contributed by atoms with E-state index in [1.807, 2.05) is 30.3 Å². The molecule has 0 heterocycles. The number of amides is 1. The maximum atomic E-state index is 12.7. The summed E-state index contributed by atoms with van der Waals surface area (Å²) >= 11 is 19.7. The zero-order valence-electron chi connectivity index (χ0n) is 14.8. The Bertz CT molecular complexity index is 993. The van der Waals surface area contributed by atoms with Crippen LogP contribution >= 0.6 is 46.6 Å². The Morgan fingerprint density at radius 2 is 1.79 bits per heavy atom. The highest BCUT2D eigenvalue weighted by Crippen LogP contribution is 2.32. The molecule has 0 aromatic heterocycles. The number of anilines is 1. The van der Waals surface area contributed by atoms with Crippen molar-refractivity contribution in [3.05, 3.63) is 86.9 Å². The predicted molar refractivity (Wildman–Crippen MR) is 118 cm³/mol. The summed E-state index contributed by atoms with van der Waals surface area (Å²) in [5.74, 6) is 1.09. The van der Waals surface area contributed by atoms with Gasteiger partial charge < -0.3 is 10.1 Å². The minimum atomic E-state index is -0.274. The summed E-state index contributed by atoms with van der Waals surface area (Å²) < 4.78 is 5.44. The number of rotatable bonds is 6. The molecule has 1 N–H and O–H groups in total. The number of methoxy groups -OCH3 is 1. The highest BCUT2D eigenvalue weighted by Gasteiger charge is 2.13. The average molecular weight is 453 g/mol. The van der Waals surface area contributed by atoms with Crippen LogP contribution in [0.2, 0.25) is 15.1 Å². The van der Waals surface area contributed by atoms with Crippen LogP contribution in [0.25, 0.3) is 0 Å². The molecule has 0 fully saturated rings. The van der Waals surface area contributed by atoms with E-state index in [0.29, 0.717) is 32.1 Å². The number of carbonyl (C=O) groups is 1. The van der Waals surface area contributed by atoms with Crippen LogP contribution in [0.5, 0.6) is 5.75 Å². The largest absolute Gasteiger partial charge is 0.496 e. The van der Waals surface area contributed by atoms with E-state index < -0.39 is 0 Å². The molecule has 0 aliphatic rings. The lowest BCUT2D eigenvalue weighted by atomic mass is 10.1. The van der Waals surface area contributed by atoms with Crippen LogP contribution in [0.4, 0.5) is 5.69 Å². The maximum Gasteiger partial charge on any atom is 0.255 e. The van der Waals surface area contributed by atoms with Crippen LogP contribution in [0, 0.1) is 0 Å². The number of hydrogen-bond acceptors (Lipinski definition) is 3. The topological polar surface area (TPSA) is 38.3 Å². The highest BCUT2D eigenvalue weighted by molar-refractivity contribution is 7.98. The molecule has 0 saturated heterocycles. The predicted octanol–water partition coefficient (Wildman–Crippen LogP) is 7.20. The first-order valence-electron chi connectivity index (χ1n) is 8.28. The first-order chi connectivity index (χ1) is 13.5. The third kappa shape index (κ3) is 5.15. The Morgan fingerprint density at radius 3 is 2.50 bits per heavy atom. The third-order valence-corrected chi connectivity index (χ3v) is 6.08. The van der Waals surface area contributed by atoms with Crippen molar-refractivity contribution in [3.63, 3.8) is 0 Å². The number of carbonyl (C=O) groups excluding carboxylic acids is 1. The Hall–Kier alpha value is -1.85. The molecular formula is C21H16Cl3NO2S. The van der Waals surface area contributed by atoms with E-state index in [1.165, 1.54) is 0 Å². The number of ether oxygens (including phenoxy) is 1. The summed E-state index contributed by atoms with van der Waals surface area (Å²) in [6.07, 6.45) is 0. The first kappa shape index (κ1) is 20.9. The Morgan fingerprint density at radius 1 is 1.04 bits per heavy atom. The molecule has 3 rings (SSSR count). The second-order valence-corrected chi connectivity index (χ2v) is 8.10. The van der Waals surface area contributed by atoms with Gasteiger partial charge in [0.05, 0.1) is 22.8 Å². The number of thioether (sulfide) groups is 1. The Balaban J connectivity index is 1.78. The molecule has 0 aliphatic carbocycles. The fourth-order valence-corrected chi connectivity index (χ4v) is 3.87. The lowest BCUT2D eigenvalue weighted by molar-refractivity contribution is 0.102. The SMILES string of the molecule is COc1ccc(C(=O)Nc2cccc(Cl)c2Cl)cc1CSc1ccc(Cl)cc1. The van der Waals surface area contributed by atoms with Crippen molar-refractivity contribution in [2.75, 3.05) is 12.4 Å². The minimum Gasteiger partial charge on any atom is -0.496 e. The molecule has 28 heavy (non-hydrogen) atoms. The van der Waals surface area contributed by atoms with Gasteiger partial charge in [-0.2, -0.15) is 0 Å². The van der Waals surface area contributed by atoms with Gasteiger partial charge in [0.15, 0.2) is 0 Å². The van der Waals surface area contributed by atoms with Crippen molar-refractivity contribution in [1.82, 2.24) is 0 Å². The lowest BCUT2D eigenvalue weighted by Crippen LogP contribution is -2.12. The summed E-state index contributed by atoms with van der Waals surface area (Å²) in [5.41, 5.74) is 1.88. The zero-order valence-corrected chi connectivity index (χ0v) is 17.9. The van der Waals surface area contributed by atoms with Gasteiger partial charge in [-0.3, -0.25) is 4.79 Å². The fourth-order valence-electron chi connectivity index (χ4n) is 2.52. The van der Waals surface area contributed by atoms with E-state index >= 15 is 0 Å². The van der Waals surface area contributed by atoms with E-state index in [0.717, 1.165) is 16.2 Å². The van der Waals surface area contributed by atoms with Crippen molar-refractivity contribution < 1.29 is 9.53 Å². The second kappa shape index (κ2) is 9.57. The molecule has 3 aromatic rings. The molecule has 0 unspecified atom stereocenters. The van der Waals surface area contributed by atoms with Gasteiger partial charge in [0.1, 0.15) is 5.75 Å². The van der Waals surface area contributed by atoms with Gasteiger partial charge in [0.2, 0.25) is 0 Å². The van der Waals surface area contributed by atoms with Gasteiger partial charge >= 0.3 is 0 Å². The van der Waals surface area contributed by atoms with Crippen LogP contribution in [0.1, 0.15) is 15.9 Å². The first-order valence-corrected chi connectivity index (χ1v) is 10.4. The van der Waals surface area contributed by atoms with E-state index in [4.69, 9.17) is 39.5 Å². The average Bonchev–Trinajstić information content (AvgIpc) is 2.70. The summed E-state index contributed by atoms with van der Waals surface area (Å²) in [7, 11) is 1.61. The van der Waals surface area contributed by atoms with Gasteiger partial charge in [-0.15, -0.1) is 11.8 Å². The van der Waals surface area contributed by atoms with Gasteiger partial charge in [-0.1, -0.05) is 40.9 Å². The second-order valence-electron chi connectivity index (χ2n) is 5.82. The number of hydrogen-bond donors (Lipinski definition) is 1. The normalized spacial score (nSPS) is 10.6. The molecule has 7 heteroatoms. The van der Waals surface area contributed by atoms with Crippen molar-refractivity contribution in [2.24, 2.45) is 0 Å². The van der Waals surface area contributed by atoms with Crippen LogP contribution in [-0.4, -0.2) is 13.0 Å². The maximum absolute atomic E-state index is 12.7. The van der Waals surface area contributed by atoms with Crippen molar-refractivity contribution in [2.45, 2.75) is 10.6 Å². The molecule has 1 amide bonds. The molecule has 0 spiro atoms. The zero-order chi connectivity index (χ0) is 20.1. The molecule has 0 atom stereocenters. The fraction of sp³-hybridized carbons (Fsp3) is 0.0952. The van der Waals surface area contributed by atoms with Gasteiger partial charge in [-0.25, -0.2) is 0 Å². The van der Waals surface area contributed by atoms with Gasteiger partial charge in [0, 0.05) is 26.8 Å². The molecule has 144 valence electrons. The summed E-state index contributed by atoms with van der Waals surface area (Å²) in [4.78, 5) is 13.7. The molecule has 0 bridgehead atoms. The van der Waals surface area contributed by atoms with Crippen molar-refractivity contribution >= 4 is 58.2 Å². The summed E-state index contributed by atoms with van der Waals surface area (Å²) in [6.45, 7) is 0. The monoisotopic (exact) mass is 451 g/mol. The van der Waals surface area contributed by atoms with Crippen LogP contribution < -0.4 is 10.1 Å². The number of halogens is 3. The highest BCUT2D eigenvalue weighted by atomic mass is 35.5. The molecule has 3 nitrogen and oxygen atoms in total. The van der Waals surface area contributed by atoms with E-state index in [9.17, 15) is 4.79 Å². The van der Waals surface area contributed by atoms with E-state index in [2.05, 4.69) is 5.32 Å². The quantitative estimate of drug-likeness (QED) is 0.402. The Kier molecular flexibility index (Phi) is 7.13. The van der Waals surface area contributed by atoms with Crippen LogP contribution in [0.15, 0.2) is 65.6 Å². The van der Waals surface area contributed by atoms with E-state index in [1.54, 1.807) is 49.2 Å². The van der Waals surface area contributed by atoms with Gasteiger partial charge in [-0.05, 0) is 54.6 Å². The molecule has 3 aromatic carbocycles. The number of nitrogens with one attached hydrogen (secondary N) is 1. The van der Waals surface area contributed by atoms with Gasteiger partial charge in [0.25, 0.3) is 5.91 Å². The minimum absolute atomic E-state index is 0.274. The van der Waals surface area contributed by atoms with Crippen molar-refractivity contribution in [1.29, 1.82) is 0 Å². The van der Waals surface area contributed by atoms with Crippen LogP contribution in [0.3, 0.4) is 0 Å². The standard InChI is InChI=1S/C21H16Cl3NO2S/c1-27-19-10-5-13(21(26)25-18-4-2-3-17(23)20(18)24)11-14(19)12-28-16-8-6-15(22)7-9-16/h2-11H,12H2,1H3,(H,25,26). The molecular weight excluding hydrogens is 437 g/mol. The van der Waals surface area contributed by atoms with Crippen molar-refractivity contribution in [3.8, 4) is 5.75 Å². The summed E-state index contributed by atoms with van der Waals surface area (Å²) in [5, 5.41) is 4.18. The Labute approximate surface area is 182 Å².